The fraction of sp³-hybridized carbons (Fsp3) is 1.00. The Morgan fingerprint density at radius 2 is 0.781 bits per heavy atom. The number of aliphatic hydroxyl groups is 4. The first kappa shape index (κ1) is 31.6. The third kappa shape index (κ3) is 20.2. The molecule has 0 aromatic heterocycles. The quantitative estimate of drug-likeness (QED) is 0.143. The van der Waals surface area contributed by atoms with Crippen molar-refractivity contribution < 1.29 is 39.4 Å². The number of hydrogen-bond donors (Lipinski definition) is 4. The van der Waals surface area contributed by atoms with E-state index in [1.807, 2.05) is 57.0 Å². The van der Waals surface area contributed by atoms with Crippen molar-refractivity contribution in [2.45, 2.75) is 30.5 Å². The van der Waals surface area contributed by atoms with Gasteiger partial charge in [0.15, 0.2) is 0 Å². The zero-order valence-electron chi connectivity index (χ0n) is 20.7. The Kier molecular flexibility index (Phi) is 18.7. The minimum atomic E-state index is -0.843. The van der Waals surface area contributed by atoms with Gasteiger partial charge in [0.1, 0.15) is 12.2 Å². The standard InChI is InChI=1S/C21H47N3O8/c1-22(2)7-17(25)10-29-12-20(28)13-31-16-21(32-14-19(27)9-24(5)6)15-30-11-18(26)8-23(3)4/h17-21,25-28H,7-16H2,1-6H3. The van der Waals surface area contributed by atoms with Crippen LogP contribution in [0.25, 0.3) is 0 Å². The van der Waals surface area contributed by atoms with E-state index in [2.05, 4.69) is 0 Å². The summed E-state index contributed by atoms with van der Waals surface area (Å²) in [6.45, 7) is 2.25. The SMILES string of the molecule is CN(C)CC(O)COCC(O)COCC(COCC(O)CN(C)C)OCC(O)CN(C)C. The lowest BCUT2D eigenvalue weighted by molar-refractivity contribution is -0.104. The van der Waals surface area contributed by atoms with Crippen molar-refractivity contribution in [1.29, 1.82) is 0 Å². The molecule has 0 amide bonds. The molecule has 0 saturated carbocycles. The predicted molar refractivity (Wildman–Crippen MR) is 122 cm³/mol. The first-order chi connectivity index (χ1) is 15.0. The van der Waals surface area contributed by atoms with Gasteiger partial charge in [-0.1, -0.05) is 0 Å². The summed E-state index contributed by atoms with van der Waals surface area (Å²) in [5.41, 5.74) is 0. The van der Waals surface area contributed by atoms with E-state index < -0.39 is 30.5 Å². The summed E-state index contributed by atoms with van der Waals surface area (Å²) in [4.78, 5) is 5.58. The Bertz CT molecular complexity index is 432. The van der Waals surface area contributed by atoms with Gasteiger partial charge in [0.2, 0.25) is 0 Å². The van der Waals surface area contributed by atoms with E-state index in [0.29, 0.717) is 19.6 Å². The molecule has 0 saturated heterocycles. The zero-order chi connectivity index (χ0) is 24.5. The molecule has 11 heteroatoms. The molecule has 0 fully saturated rings. The van der Waals surface area contributed by atoms with Gasteiger partial charge in [0, 0.05) is 19.6 Å². The summed E-state index contributed by atoms with van der Waals surface area (Å²) in [6, 6.07) is 0. The van der Waals surface area contributed by atoms with Crippen molar-refractivity contribution >= 4 is 0 Å². The zero-order valence-corrected chi connectivity index (χ0v) is 20.7. The van der Waals surface area contributed by atoms with Gasteiger partial charge in [-0.15, -0.1) is 0 Å². The molecule has 5 unspecified atom stereocenters. The maximum Gasteiger partial charge on any atom is 0.104 e. The summed E-state index contributed by atoms with van der Waals surface area (Å²) in [5.74, 6) is 0. The molecule has 0 bridgehead atoms. The van der Waals surface area contributed by atoms with Crippen molar-refractivity contribution in [2.24, 2.45) is 0 Å². The van der Waals surface area contributed by atoms with Crippen molar-refractivity contribution in [3.05, 3.63) is 0 Å². The molecule has 11 nitrogen and oxygen atoms in total. The molecule has 0 radical (unpaired) electrons. The molecule has 0 heterocycles. The van der Waals surface area contributed by atoms with Crippen LogP contribution in [0.5, 0.6) is 0 Å². The van der Waals surface area contributed by atoms with Gasteiger partial charge in [0.25, 0.3) is 0 Å². The van der Waals surface area contributed by atoms with Crippen LogP contribution in [0.2, 0.25) is 0 Å². The van der Waals surface area contributed by atoms with Gasteiger partial charge < -0.3 is 54.1 Å². The first-order valence-corrected chi connectivity index (χ1v) is 11.0. The number of nitrogens with zero attached hydrogens (tertiary/aromatic N) is 3. The average molecular weight is 470 g/mol. The number of hydrogen-bond acceptors (Lipinski definition) is 11. The Balaban J connectivity index is 4.30. The van der Waals surface area contributed by atoms with Crippen molar-refractivity contribution in [2.75, 3.05) is 108 Å². The van der Waals surface area contributed by atoms with Crippen molar-refractivity contribution in [3.63, 3.8) is 0 Å². The summed E-state index contributed by atoms with van der Waals surface area (Å²) in [7, 11) is 11.2. The molecule has 0 aliphatic carbocycles. The van der Waals surface area contributed by atoms with E-state index in [-0.39, 0.29) is 46.2 Å². The van der Waals surface area contributed by atoms with Crippen LogP contribution < -0.4 is 0 Å². The molecular formula is C21H47N3O8. The minimum Gasteiger partial charge on any atom is -0.389 e. The molecule has 0 spiro atoms. The molecule has 194 valence electrons. The third-order valence-corrected chi connectivity index (χ3v) is 4.10. The van der Waals surface area contributed by atoms with Crippen LogP contribution in [-0.2, 0) is 18.9 Å². The third-order valence-electron chi connectivity index (χ3n) is 4.10. The average Bonchev–Trinajstić information content (AvgIpc) is 2.63. The lowest BCUT2D eigenvalue weighted by atomic mass is 10.3. The van der Waals surface area contributed by atoms with Gasteiger partial charge in [-0.05, 0) is 42.3 Å². The summed E-state index contributed by atoms with van der Waals surface area (Å²) in [5, 5.41) is 39.7. The van der Waals surface area contributed by atoms with Crippen LogP contribution in [0.15, 0.2) is 0 Å². The number of likely N-dealkylation sites (N-methyl/N-ethyl adjacent to an activating group) is 3. The molecular weight excluding hydrogens is 422 g/mol. The molecule has 5 atom stereocenters. The van der Waals surface area contributed by atoms with E-state index >= 15 is 0 Å². The second-order valence-corrected chi connectivity index (χ2v) is 8.97. The summed E-state index contributed by atoms with van der Waals surface area (Å²) in [6.07, 6.45) is -3.20. The molecule has 4 N–H and O–H groups in total. The normalized spacial score (nSPS) is 17.2. The second-order valence-electron chi connectivity index (χ2n) is 8.97. The molecule has 0 rings (SSSR count). The second kappa shape index (κ2) is 18.9. The van der Waals surface area contributed by atoms with E-state index in [4.69, 9.17) is 18.9 Å². The number of rotatable bonds is 21. The molecule has 32 heavy (non-hydrogen) atoms. The van der Waals surface area contributed by atoms with E-state index in [1.54, 1.807) is 0 Å². The van der Waals surface area contributed by atoms with Gasteiger partial charge >= 0.3 is 0 Å². The largest absolute Gasteiger partial charge is 0.389 e. The topological polar surface area (TPSA) is 128 Å². The number of aliphatic hydroxyl groups excluding tert-OH is 4. The molecule has 0 aromatic rings. The van der Waals surface area contributed by atoms with E-state index in [0.717, 1.165) is 0 Å². The van der Waals surface area contributed by atoms with Gasteiger partial charge in [-0.3, -0.25) is 0 Å². The van der Waals surface area contributed by atoms with Crippen molar-refractivity contribution in [3.8, 4) is 0 Å². The molecule has 0 aliphatic rings. The van der Waals surface area contributed by atoms with Gasteiger partial charge in [-0.2, -0.15) is 0 Å². The maximum absolute atomic E-state index is 10.0. The van der Waals surface area contributed by atoms with Gasteiger partial charge in [-0.25, -0.2) is 0 Å². The summed E-state index contributed by atoms with van der Waals surface area (Å²) < 4.78 is 22.2. The van der Waals surface area contributed by atoms with E-state index in [1.165, 1.54) is 0 Å². The highest BCUT2D eigenvalue weighted by Gasteiger charge is 2.16. The Morgan fingerprint density at radius 3 is 1.16 bits per heavy atom. The first-order valence-electron chi connectivity index (χ1n) is 11.0. The number of ether oxygens (including phenoxy) is 4. The lowest BCUT2D eigenvalue weighted by Crippen LogP contribution is -2.36. The van der Waals surface area contributed by atoms with Gasteiger partial charge in [0.05, 0.1) is 64.6 Å². The van der Waals surface area contributed by atoms with Crippen LogP contribution in [0.4, 0.5) is 0 Å². The lowest BCUT2D eigenvalue weighted by Gasteiger charge is -2.23. The highest BCUT2D eigenvalue weighted by molar-refractivity contribution is 4.64. The minimum absolute atomic E-state index is 0.0349. The smallest absolute Gasteiger partial charge is 0.104 e. The monoisotopic (exact) mass is 469 g/mol. The maximum atomic E-state index is 10.0. The fourth-order valence-electron chi connectivity index (χ4n) is 2.87. The highest BCUT2D eigenvalue weighted by atomic mass is 16.6. The van der Waals surface area contributed by atoms with Crippen LogP contribution in [0.1, 0.15) is 0 Å². The molecule has 0 aliphatic heterocycles. The Morgan fingerprint density at radius 1 is 0.469 bits per heavy atom. The van der Waals surface area contributed by atoms with Crippen LogP contribution in [0, 0.1) is 0 Å². The molecule has 0 aromatic carbocycles. The Labute approximate surface area is 193 Å². The highest BCUT2D eigenvalue weighted by Crippen LogP contribution is 2.01. The Hall–Kier alpha value is -0.440. The van der Waals surface area contributed by atoms with Crippen LogP contribution >= 0.6 is 0 Å². The summed E-state index contributed by atoms with van der Waals surface area (Å²) >= 11 is 0. The van der Waals surface area contributed by atoms with Crippen molar-refractivity contribution in [1.82, 2.24) is 14.7 Å². The van der Waals surface area contributed by atoms with Crippen LogP contribution in [0.3, 0.4) is 0 Å². The predicted octanol–water partition coefficient (Wildman–Crippen LogP) is -2.45. The fourth-order valence-corrected chi connectivity index (χ4v) is 2.87. The van der Waals surface area contributed by atoms with E-state index in [9.17, 15) is 20.4 Å². The van der Waals surface area contributed by atoms with Crippen LogP contribution in [-0.4, -0.2) is 174 Å².